The quantitative estimate of drug-likeness (QED) is 0.798. The third-order valence-electron chi connectivity index (χ3n) is 1.99. The fourth-order valence-corrected chi connectivity index (χ4v) is 3.06. The monoisotopic (exact) mass is 320 g/mol. The summed E-state index contributed by atoms with van der Waals surface area (Å²) in [6.45, 7) is 2.81. The van der Waals surface area contributed by atoms with Crippen molar-refractivity contribution < 1.29 is 17.9 Å². The molecule has 0 saturated heterocycles. The molecular weight excluding hydrogens is 308 g/mol. The zero-order chi connectivity index (χ0) is 13.1. The molecule has 0 unspecified atom stereocenters. The van der Waals surface area contributed by atoms with Gasteiger partial charge < -0.3 is 4.74 Å². The van der Waals surface area contributed by atoms with Crippen LogP contribution in [0.4, 0.5) is 0 Å². The second-order valence-electron chi connectivity index (χ2n) is 3.66. The maximum Gasteiger partial charge on any atom is 0.302 e. The summed E-state index contributed by atoms with van der Waals surface area (Å²) in [4.78, 5) is 10.9. The number of ether oxygens (including phenoxy) is 1. The minimum Gasteiger partial charge on any atom is -0.462 e. The summed E-state index contributed by atoms with van der Waals surface area (Å²) in [5.41, 5.74) is 0. The van der Waals surface area contributed by atoms with Crippen molar-refractivity contribution in [3.63, 3.8) is 0 Å². The molecule has 1 aromatic rings. The topological polar surface area (TPSA) is 60.4 Å². The van der Waals surface area contributed by atoms with Crippen molar-refractivity contribution in [2.75, 3.05) is 5.75 Å². The molecule has 1 rings (SSSR count). The molecule has 0 fully saturated rings. The first kappa shape index (κ1) is 14.2. The van der Waals surface area contributed by atoms with Crippen LogP contribution in [-0.4, -0.2) is 26.2 Å². The normalized spacial score (nSPS) is 13.1. The third kappa shape index (κ3) is 4.47. The molecule has 0 spiro atoms. The van der Waals surface area contributed by atoms with Gasteiger partial charge in [0.2, 0.25) is 0 Å². The Bertz CT molecular complexity index is 493. The van der Waals surface area contributed by atoms with E-state index in [9.17, 15) is 13.2 Å². The summed E-state index contributed by atoms with van der Waals surface area (Å²) in [6, 6.07) is 6.34. The van der Waals surface area contributed by atoms with Crippen molar-refractivity contribution in [2.24, 2.45) is 0 Å². The van der Waals surface area contributed by atoms with E-state index in [1.54, 1.807) is 19.1 Å². The number of rotatable bonds is 4. The van der Waals surface area contributed by atoms with E-state index in [1.807, 2.05) is 0 Å². The van der Waals surface area contributed by atoms with Gasteiger partial charge in [0.1, 0.15) is 6.10 Å². The number of carbonyl (C=O) groups is 1. The van der Waals surface area contributed by atoms with Crippen LogP contribution >= 0.6 is 15.9 Å². The highest BCUT2D eigenvalue weighted by atomic mass is 79.9. The Morgan fingerprint density at radius 2 is 1.88 bits per heavy atom. The van der Waals surface area contributed by atoms with Crippen LogP contribution in [0.2, 0.25) is 0 Å². The van der Waals surface area contributed by atoms with Crippen LogP contribution in [0.3, 0.4) is 0 Å². The van der Waals surface area contributed by atoms with Gasteiger partial charge in [-0.15, -0.1) is 0 Å². The molecule has 0 saturated carbocycles. The smallest absolute Gasteiger partial charge is 0.302 e. The Morgan fingerprint density at radius 1 is 1.35 bits per heavy atom. The summed E-state index contributed by atoms with van der Waals surface area (Å²) in [7, 11) is -3.42. The van der Waals surface area contributed by atoms with Crippen molar-refractivity contribution in [2.45, 2.75) is 24.8 Å². The fourth-order valence-electron chi connectivity index (χ4n) is 1.36. The maximum atomic E-state index is 11.9. The van der Waals surface area contributed by atoms with E-state index in [1.165, 1.54) is 19.1 Å². The summed E-state index contributed by atoms with van der Waals surface area (Å²) in [6.07, 6.45) is -0.652. The Hall–Kier alpha value is -0.880. The van der Waals surface area contributed by atoms with Crippen molar-refractivity contribution in [3.8, 4) is 0 Å². The predicted molar refractivity (Wildman–Crippen MR) is 67.4 cm³/mol. The first-order valence-corrected chi connectivity index (χ1v) is 7.41. The van der Waals surface area contributed by atoms with E-state index in [0.29, 0.717) is 0 Å². The standard InChI is InChI=1S/C11H13BrO4S/c1-8(16-9(2)13)7-17(14,15)11-5-3-10(12)4-6-11/h3-6,8H,7H2,1-2H3/t8-/m1/s1. The Morgan fingerprint density at radius 3 is 2.35 bits per heavy atom. The van der Waals surface area contributed by atoms with Crippen LogP contribution in [0, 0.1) is 0 Å². The third-order valence-corrected chi connectivity index (χ3v) is 4.42. The highest BCUT2D eigenvalue weighted by Gasteiger charge is 2.20. The average Bonchev–Trinajstić information content (AvgIpc) is 2.15. The molecule has 0 aliphatic rings. The lowest BCUT2D eigenvalue weighted by Crippen LogP contribution is -2.23. The van der Waals surface area contributed by atoms with Crippen LogP contribution in [-0.2, 0) is 19.4 Å². The number of sulfone groups is 1. The number of hydrogen-bond acceptors (Lipinski definition) is 4. The van der Waals surface area contributed by atoms with Crippen LogP contribution in [0.5, 0.6) is 0 Å². The van der Waals surface area contributed by atoms with Crippen LogP contribution in [0.25, 0.3) is 0 Å². The molecule has 0 radical (unpaired) electrons. The lowest BCUT2D eigenvalue weighted by atomic mass is 10.4. The van der Waals surface area contributed by atoms with Gasteiger partial charge in [0, 0.05) is 11.4 Å². The second-order valence-corrected chi connectivity index (χ2v) is 6.61. The van der Waals surface area contributed by atoms with Gasteiger partial charge >= 0.3 is 5.97 Å². The number of halogens is 1. The average molecular weight is 321 g/mol. The van der Waals surface area contributed by atoms with Gasteiger partial charge in [-0.1, -0.05) is 15.9 Å². The first-order chi connectivity index (χ1) is 7.81. The molecule has 6 heteroatoms. The maximum absolute atomic E-state index is 11.9. The van der Waals surface area contributed by atoms with E-state index in [2.05, 4.69) is 15.9 Å². The van der Waals surface area contributed by atoms with E-state index in [4.69, 9.17) is 4.74 Å². The van der Waals surface area contributed by atoms with Crippen LogP contribution in [0.1, 0.15) is 13.8 Å². The predicted octanol–water partition coefficient (Wildman–Crippen LogP) is 2.17. The molecule has 1 atom stereocenters. The van der Waals surface area contributed by atoms with Gasteiger partial charge in [-0.3, -0.25) is 4.79 Å². The second kappa shape index (κ2) is 5.64. The minimum atomic E-state index is -3.42. The molecule has 1 aromatic carbocycles. The van der Waals surface area contributed by atoms with E-state index < -0.39 is 21.9 Å². The van der Waals surface area contributed by atoms with Gasteiger partial charge in [0.15, 0.2) is 9.84 Å². The molecule has 0 aliphatic carbocycles. The molecule has 4 nitrogen and oxygen atoms in total. The molecule has 0 bridgehead atoms. The minimum absolute atomic E-state index is 0.214. The lowest BCUT2D eigenvalue weighted by molar-refractivity contribution is -0.144. The van der Waals surface area contributed by atoms with Gasteiger partial charge in [0.25, 0.3) is 0 Å². The van der Waals surface area contributed by atoms with E-state index >= 15 is 0 Å². The molecular formula is C11H13BrO4S. The van der Waals surface area contributed by atoms with Crippen LogP contribution in [0.15, 0.2) is 33.6 Å². The zero-order valence-corrected chi connectivity index (χ0v) is 11.9. The Labute approximate surface area is 109 Å². The van der Waals surface area contributed by atoms with Gasteiger partial charge in [-0.2, -0.15) is 0 Å². The number of hydrogen-bond donors (Lipinski definition) is 0. The largest absolute Gasteiger partial charge is 0.462 e. The molecule has 17 heavy (non-hydrogen) atoms. The van der Waals surface area contributed by atoms with E-state index in [-0.39, 0.29) is 10.6 Å². The summed E-state index contributed by atoms with van der Waals surface area (Å²) >= 11 is 3.23. The molecule has 0 heterocycles. The lowest BCUT2D eigenvalue weighted by Gasteiger charge is -2.12. The molecule has 0 amide bonds. The summed E-state index contributed by atoms with van der Waals surface area (Å²) in [5.74, 6) is -0.697. The van der Waals surface area contributed by atoms with Crippen LogP contribution < -0.4 is 0 Å². The van der Waals surface area contributed by atoms with Crippen molar-refractivity contribution >= 4 is 31.7 Å². The molecule has 0 aliphatic heterocycles. The number of esters is 1. The SMILES string of the molecule is CC(=O)O[C@H](C)CS(=O)(=O)c1ccc(Br)cc1. The Kier molecular flexibility index (Phi) is 4.70. The fraction of sp³-hybridized carbons (Fsp3) is 0.364. The van der Waals surface area contributed by atoms with Gasteiger partial charge in [-0.05, 0) is 31.2 Å². The van der Waals surface area contributed by atoms with E-state index in [0.717, 1.165) is 4.47 Å². The highest BCUT2D eigenvalue weighted by Crippen LogP contribution is 2.17. The van der Waals surface area contributed by atoms with Crippen molar-refractivity contribution in [1.29, 1.82) is 0 Å². The summed E-state index contributed by atoms with van der Waals surface area (Å²) < 4.78 is 29.5. The van der Waals surface area contributed by atoms with Crippen molar-refractivity contribution in [3.05, 3.63) is 28.7 Å². The Balaban J connectivity index is 2.82. The molecule has 0 aromatic heterocycles. The number of carbonyl (C=O) groups excluding carboxylic acids is 1. The molecule has 94 valence electrons. The number of benzene rings is 1. The first-order valence-electron chi connectivity index (χ1n) is 4.97. The molecule has 0 N–H and O–H groups in total. The van der Waals surface area contributed by atoms with Gasteiger partial charge in [0.05, 0.1) is 10.6 Å². The summed E-state index contributed by atoms with van der Waals surface area (Å²) in [5, 5.41) is 0. The highest BCUT2D eigenvalue weighted by molar-refractivity contribution is 9.10. The van der Waals surface area contributed by atoms with Crippen molar-refractivity contribution in [1.82, 2.24) is 0 Å². The van der Waals surface area contributed by atoms with Gasteiger partial charge in [-0.25, -0.2) is 8.42 Å². The zero-order valence-electron chi connectivity index (χ0n) is 9.51.